The van der Waals surface area contributed by atoms with Gasteiger partial charge in [-0.05, 0) is 0 Å². The predicted octanol–water partition coefficient (Wildman–Crippen LogP) is -10.1. The third kappa shape index (κ3) is 1850. The van der Waals surface area contributed by atoms with Crippen molar-refractivity contribution in [3.8, 4) is 0 Å². The van der Waals surface area contributed by atoms with Crippen LogP contribution in [0.15, 0.2) is 0 Å². The Balaban J connectivity index is -0.0000000180. The van der Waals surface area contributed by atoms with Crippen LogP contribution in [-0.4, -0.2) is 92.9 Å². The SMILES string of the molecule is [O]=[Al][O-].[O]=[Al][O-].[O]=[Al][O-].[O]=[Al][O-].[O]=[Al][O-].[O]=[Al][O-].[U+6]. The average Bonchev–Trinajstić information content (AvgIpc) is 2.23. The third-order valence-corrected chi connectivity index (χ3v) is 0. The van der Waals surface area contributed by atoms with Gasteiger partial charge in [-0.2, -0.15) is 0 Å². The Morgan fingerprint density at radius 3 is 0.368 bits per heavy atom. The molecular weight excluding hydrogens is 592 g/mol. The smallest absolute Gasteiger partial charge is 6.00 e. The van der Waals surface area contributed by atoms with Crippen LogP contribution in [0.2, 0.25) is 0 Å². The molecule has 0 amide bonds. The van der Waals surface area contributed by atoms with E-state index in [1.165, 1.54) is 0 Å². The van der Waals surface area contributed by atoms with E-state index in [1.807, 2.05) is 0 Å². The van der Waals surface area contributed by atoms with E-state index in [4.69, 9.17) is 47.8 Å². The summed E-state index contributed by atoms with van der Waals surface area (Å²) in [5.41, 5.74) is 0. The maximum Gasteiger partial charge on any atom is 6.00 e. The monoisotopic (exact) mass is 592 g/mol. The second-order valence-corrected chi connectivity index (χ2v) is 1.73. The molecule has 19 heavy (non-hydrogen) atoms. The molecule has 0 N–H and O–H groups in total. The van der Waals surface area contributed by atoms with Gasteiger partial charge in [0, 0.05) is 0 Å². The van der Waals surface area contributed by atoms with Crippen molar-refractivity contribution in [3.63, 3.8) is 0 Å². The molecule has 0 saturated carbocycles. The van der Waals surface area contributed by atoms with Crippen molar-refractivity contribution in [3.05, 3.63) is 0 Å². The second-order valence-electron chi connectivity index (χ2n) is 0.577. The number of hydrogen-bond donors (Lipinski definition) is 0. The first-order valence-electron chi connectivity index (χ1n) is 2.83. The number of hydrogen-bond acceptors (Lipinski definition) is 12. The maximum absolute atomic E-state index is 8.46. The van der Waals surface area contributed by atoms with Crippen molar-refractivity contribution in [2.75, 3.05) is 0 Å². The van der Waals surface area contributed by atoms with Gasteiger partial charge in [0.05, 0.1) is 0 Å². The average molecular weight is 592 g/mol. The fourth-order valence-corrected chi connectivity index (χ4v) is 0. The molecule has 0 aliphatic carbocycles. The van der Waals surface area contributed by atoms with Gasteiger partial charge in [-0.15, -0.1) is 0 Å². The van der Waals surface area contributed by atoms with Gasteiger partial charge >= 0.3 is 172 Å². The fraction of sp³-hybridized carbons (Fsp3) is 0. The first kappa shape index (κ1) is 42.8. The van der Waals surface area contributed by atoms with E-state index in [-0.39, 0.29) is 31.1 Å². The van der Waals surface area contributed by atoms with Crippen molar-refractivity contribution in [1.82, 2.24) is 0 Å². The van der Waals surface area contributed by atoms with Crippen molar-refractivity contribution in [2.45, 2.75) is 0 Å². The van der Waals surface area contributed by atoms with E-state index in [2.05, 4.69) is 0 Å². The Labute approximate surface area is 169 Å². The van der Waals surface area contributed by atoms with E-state index in [0.717, 1.165) is 0 Å². The zero-order valence-corrected chi connectivity index (χ0v) is 20.0. The summed E-state index contributed by atoms with van der Waals surface area (Å²) in [4.78, 5) is 0. The summed E-state index contributed by atoms with van der Waals surface area (Å²) < 4.78 is 101. The summed E-state index contributed by atoms with van der Waals surface area (Å²) in [5, 5.41) is 0. The van der Waals surface area contributed by atoms with E-state index >= 15 is 0 Å². The largest absolute Gasteiger partial charge is 6.00 e. The molecule has 0 bridgehead atoms. The molecular formula is Al6O12U. The third-order valence-electron chi connectivity index (χ3n) is 0. The summed E-state index contributed by atoms with van der Waals surface area (Å²) in [6.07, 6.45) is 0. The van der Waals surface area contributed by atoms with Gasteiger partial charge in [0.15, 0.2) is 0 Å². The summed E-state index contributed by atoms with van der Waals surface area (Å²) in [6.45, 7) is 0. The van der Waals surface area contributed by atoms with Gasteiger partial charge in [-0.3, -0.25) is 0 Å². The van der Waals surface area contributed by atoms with Gasteiger partial charge in [0.2, 0.25) is 0 Å². The Kier molecular flexibility index (Phi) is 258. The van der Waals surface area contributed by atoms with Crippen LogP contribution in [0.4, 0.5) is 0 Å². The van der Waals surface area contributed by atoms with Crippen molar-refractivity contribution in [2.24, 2.45) is 0 Å². The van der Waals surface area contributed by atoms with Crippen LogP contribution in [0, 0.1) is 31.1 Å². The predicted molar refractivity (Wildman–Crippen MR) is 38.6 cm³/mol. The maximum atomic E-state index is 8.46. The van der Waals surface area contributed by atoms with E-state index in [0.29, 0.717) is 0 Å². The molecule has 0 radical (unpaired) electrons. The Morgan fingerprint density at radius 1 is 0.368 bits per heavy atom. The molecule has 0 saturated heterocycles. The van der Waals surface area contributed by atoms with Crippen molar-refractivity contribution >= 4 is 92.9 Å². The van der Waals surface area contributed by atoms with E-state index in [1.54, 1.807) is 0 Å². The molecule has 0 aromatic carbocycles. The molecule has 12 nitrogen and oxygen atoms in total. The molecule has 0 heterocycles. The van der Waals surface area contributed by atoms with Crippen LogP contribution in [0.25, 0.3) is 0 Å². The zero-order chi connectivity index (χ0) is 16.2. The minimum atomic E-state index is -1.75. The van der Waals surface area contributed by atoms with Crippen LogP contribution < -0.4 is 24.9 Å². The molecule has 0 aromatic heterocycles. The van der Waals surface area contributed by atoms with Gasteiger partial charge in [-0.25, -0.2) is 0 Å². The molecule has 0 fully saturated rings. The standard InChI is InChI=1S/6Al.12O.U/q;;;;;;;;;;;;6*-1;+6. The van der Waals surface area contributed by atoms with Crippen LogP contribution in [0.3, 0.4) is 0 Å². The minimum absolute atomic E-state index is 0. The Bertz CT molecular complexity index is 114. The molecule has 0 spiro atoms. The Hall–Kier alpha value is 1.85. The zero-order valence-electron chi connectivity index (χ0n) is 8.86. The van der Waals surface area contributed by atoms with Crippen molar-refractivity contribution < 1.29 is 78.9 Å². The molecule has 0 atom stereocenters. The first-order valence-corrected chi connectivity index (χ1v) is 8.49. The van der Waals surface area contributed by atoms with Gasteiger partial charge in [0.1, 0.15) is 0 Å². The molecule has 0 aliphatic heterocycles. The van der Waals surface area contributed by atoms with Crippen LogP contribution in [0.1, 0.15) is 0 Å². The summed E-state index contributed by atoms with van der Waals surface area (Å²) in [5.74, 6) is 0. The molecule has 94 valence electrons. The molecule has 0 unspecified atom stereocenters. The van der Waals surface area contributed by atoms with Crippen LogP contribution in [-0.2, 0) is 22.8 Å². The molecule has 0 aliphatic rings. The fourth-order valence-electron chi connectivity index (χ4n) is 0. The van der Waals surface area contributed by atoms with Crippen LogP contribution >= 0.6 is 0 Å². The molecule has 0 aromatic rings. The van der Waals surface area contributed by atoms with E-state index < -0.39 is 92.9 Å². The number of rotatable bonds is 0. The van der Waals surface area contributed by atoms with Crippen LogP contribution in [0.5, 0.6) is 0 Å². The summed E-state index contributed by atoms with van der Waals surface area (Å²) in [7, 11) is 0. The van der Waals surface area contributed by atoms with Gasteiger partial charge in [0.25, 0.3) is 0 Å². The molecule has 19 heteroatoms. The van der Waals surface area contributed by atoms with Crippen molar-refractivity contribution in [1.29, 1.82) is 0 Å². The summed E-state index contributed by atoms with van der Waals surface area (Å²) >= 11 is -10.5. The van der Waals surface area contributed by atoms with Gasteiger partial charge in [-0.1, -0.05) is 0 Å². The Morgan fingerprint density at radius 2 is 0.368 bits per heavy atom. The normalized spacial score (nSPS) is 2.53. The topological polar surface area (TPSA) is 241 Å². The first-order chi connectivity index (χ1) is 8.49. The molecule has 0 rings (SSSR count). The van der Waals surface area contributed by atoms with E-state index in [9.17, 15) is 0 Å². The summed E-state index contributed by atoms with van der Waals surface area (Å²) in [6, 6.07) is 0. The quantitative estimate of drug-likeness (QED) is 0.238. The minimum Gasteiger partial charge on any atom is 6.00 e. The van der Waals surface area contributed by atoms with Gasteiger partial charge < -0.3 is 0 Å². The second kappa shape index (κ2) is 114.